The molecule has 0 aliphatic carbocycles. The van der Waals surface area contributed by atoms with Crippen LogP contribution in [0.1, 0.15) is 24.4 Å². The minimum Gasteiger partial charge on any atom is -0.388 e. The maximum Gasteiger partial charge on any atom is 0.138 e. The average molecular weight is 314 g/mol. The lowest BCUT2D eigenvalue weighted by atomic mass is 10.1. The van der Waals surface area contributed by atoms with Crippen LogP contribution in [0, 0.1) is 5.82 Å². The molecule has 2 aromatic rings. The fraction of sp³-hybridized carbons (Fsp3) is 0.333. The second-order valence-electron chi connectivity index (χ2n) is 3.88. The van der Waals surface area contributed by atoms with Gasteiger partial charge in [0, 0.05) is 17.4 Å². The molecule has 1 aromatic carbocycles. The maximum atomic E-state index is 13.0. The number of rotatable bonds is 4. The third kappa shape index (κ3) is 2.76. The summed E-state index contributed by atoms with van der Waals surface area (Å²) < 4.78 is 15.2. The summed E-state index contributed by atoms with van der Waals surface area (Å²) >= 11 is 3.24. The smallest absolute Gasteiger partial charge is 0.138 e. The summed E-state index contributed by atoms with van der Waals surface area (Å²) in [6.45, 7) is 2.66. The number of aromatic nitrogens is 3. The molecule has 0 spiro atoms. The van der Waals surface area contributed by atoms with E-state index >= 15 is 0 Å². The van der Waals surface area contributed by atoms with Gasteiger partial charge in [0.25, 0.3) is 0 Å². The lowest BCUT2D eigenvalue weighted by molar-refractivity contribution is 0.173. The predicted molar refractivity (Wildman–Crippen MR) is 68.5 cm³/mol. The molecule has 1 aromatic heterocycles. The molecule has 0 aliphatic heterocycles. The third-order valence-electron chi connectivity index (χ3n) is 2.69. The van der Waals surface area contributed by atoms with Gasteiger partial charge in [-0.05, 0) is 24.6 Å². The van der Waals surface area contributed by atoms with E-state index in [9.17, 15) is 9.50 Å². The fourth-order valence-corrected chi connectivity index (χ4v) is 2.38. The normalized spacial score (nSPS) is 12.7. The summed E-state index contributed by atoms with van der Waals surface area (Å²) in [6, 6.07) is 4.23. The highest BCUT2D eigenvalue weighted by Crippen LogP contribution is 2.26. The van der Waals surface area contributed by atoms with E-state index in [-0.39, 0.29) is 5.82 Å². The monoisotopic (exact) mass is 313 g/mol. The van der Waals surface area contributed by atoms with Crippen molar-refractivity contribution in [3.63, 3.8) is 0 Å². The molecule has 96 valence electrons. The van der Waals surface area contributed by atoms with Gasteiger partial charge in [0.15, 0.2) is 0 Å². The van der Waals surface area contributed by atoms with Gasteiger partial charge in [-0.25, -0.2) is 9.37 Å². The molecule has 1 N–H and O–H groups in total. The highest BCUT2D eigenvalue weighted by atomic mass is 79.9. The highest BCUT2D eigenvalue weighted by Gasteiger charge is 2.15. The molecule has 0 radical (unpaired) electrons. The molecule has 0 amide bonds. The van der Waals surface area contributed by atoms with Crippen molar-refractivity contribution in [1.29, 1.82) is 0 Å². The Kier molecular flexibility index (Phi) is 4.08. The Bertz CT molecular complexity index is 544. The molecule has 18 heavy (non-hydrogen) atoms. The number of aliphatic hydroxyl groups excluding tert-OH is 1. The quantitative estimate of drug-likeness (QED) is 0.943. The molecule has 0 fully saturated rings. The van der Waals surface area contributed by atoms with Crippen LogP contribution in [0.25, 0.3) is 0 Å². The van der Waals surface area contributed by atoms with Gasteiger partial charge >= 0.3 is 0 Å². The van der Waals surface area contributed by atoms with Gasteiger partial charge in [0.2, 0.25) is 0 Å². The van der Waals surface area contributed by atoms with Crippen molar-refractivity contribution in [3.8, 4) is 0 Å². The second-order valence-corrected chi connectivity index (χ2v) is 4.73. The maximum absolute atomic E-state index is 13.0. The molecule has 1 unspecified atom stereocenters. The largest absolute Gasteiger partial charge is 0.388 e. The zero-order valence-corrected chi connectivity index (χ0v) is 11.4. The zero-order valence-electron chi connectivity index (χ0n) is 9.85. The molecule has 0 saturated carbocycles. The molecule has 6 heteroatoms. The number of hydrogen-bond donors (Lipinski definition) is 1. The number of halogens is 2. The minimum atomic E-state index is -0.741. The molecular weight excluding hydrogens is 301 g/mol. The Morgan fingerprint density at radius 1 is 1.50 bits per heavy atom. The number of benzene rings is 1. The van der Waals surface area contributed by atoms with Crippen molar-refractivity contribution in [2.75, 3.05) is 0 Å². The van der Waals surface area contributed by atoms with Crippen LogP contribution in [0.3, 0.4) is 0 Å². The van der Waals surface area contributed by atoms with E-state index in [1.165, 1.54) is 18.5 Å². The Hall–Kier alpha value is -1.27. The van der Waals surface area contributed by atoms with E-state index in [0.29, 0.717) is 28.8 Å². The summed E-state index contributed by atoms with van der Waals surface area (Å²) in [7, 11) is 0. The lowest BCUT2D eigenvalue weighted by Gasteiger charge is -2.12. The molecule has 0 aliphatic rings. The van der Waals surface area contributed by atoms with E-state index < -0.39 is 6.10 Å². The summed E-state index contributed by atoms with van der Waals surface area (Å²) in [4.78, 5) is 4.10. The molecule has 0 saturated heterocycles. The van der Waals surface area contributed by atoms with Crippen LogP contribution in [0.2, 0.25) is 0 Å². The van der Waals surface area contributed by atoms with Gasteiger partial charge < -0.3 is 5.11 Å². The van der Waals surface area contributed by atoms with E-state index in [0.717, 1.165) is 0 Å². The van der Waals surface area contributed by atoms with Gasteiger partial charge in [0.1, 0.15) is 18.0 Å². The van der Waals surface area contributed by atoms with Gasteiger partial charge in [-0.1, -0.05) is 22.0 Å². The zero-order chi connectivity index (χ0) is 13.1. The highest BCUT2D eigenvalue weighted by molar-refractivity contribution is 9.10. The summed E-state index contributed by atoms with van der Waals surface area (Å²) in [6.07, 6.45) is 1.07. The first-order valence-corrected chi connectivity index (χ1v) is 6.40. The lowest BCUT2D eigenvalue weighted by Crippen LogP contribution is -2.10. The first-order chi connectivity index (χ1) is 8.61. The SMILES string of the molecule is CCn1ncnc1CC(O)c1ccc(F)cc1Br. The molecule has 4 nitrogen and oxygen atoms in total. The summed E-state index contributed by atoms with van der Waals surface area (Å²) in [5, 5.41) is 14.2. The molecule has 0 bridgehead atoms. The van der Waals surface area contributed by atoms with Crippen LogP contribution in [-0.4, -0.2) is 19.9 Å². The van der Waals surface area contributed by atoms with Crippen LogP contribution < -0.4 is 0 Å². The number of nitrogens with zero attached hydrogens (tertiary/aromatic N) is 3. The predicted octanol–water partition coefficient (Wildman–Crippen LogP) is 2.48. The summed E-state index contributed by atoms with van der Waals surface area (Å²) in [5.41, 5.74) is 0.641. The van der Waals surface area contributed by atoms with E-state index in [4.69, 9.17) is 0 Å². The van der Waals surface area contributed by atoms with Crippen LogP contribution in [-0.2, 0) is 13.0 Å². The molecule has 1 heterocycles. The minimum absolute atomic E-state index is 0.338. The van der Waals surface area contributed by atoms with Crippen molar-refractivity contribution in [2.45, 2.75) is 26.0 Å². The number of aryl methyl sites for hydroxylation is 1. The summed E-state index contributed by atoms with van der Waals surface area (Å²) in [5.74, 6) is 0.371. The first-order valence-electron chi connectivity index (χ1n) is 5.61. The fourth-order valence-electron chi connectivity index (χ4n) is 1.76. The Morgan fingerprint density at radius 3 is 2.94 bits per heavy atom. The molecule has 2 rings (SSSR count). The van der Waals surface area contributed by atoms with Crippen molar-refractivity contribution in [3.05, 3.63) is 46.2 Å². The third-order valence-corrected chi connectivity index (χ3v) is 3.38. The van der Waals surface area contributed by atoms with Gasteiger partial charge in [-0.3, -0.25) is 4.68 Å². The van der Waals surface area contributed by atoms with Gasteiger partial charge in [-0.15, -0.1) is 0 Å². The standard InChI is InChI=1S/C12H13BrFN3O/c1-2-17-12(15-7-16-17)6-11(18)9-4-3-8(14)5-10(9)13/h3-5,7,11,18H,2,6H2,1H3. The van der Waals surface area contributed by atoms with Crippen molar-refractivity contribution in [2.24, 2.45) is 0 Å². The van der Waals surface area contributed by atoms with Gasteiger partial charge in [-0.2, -0.15) is 5.10 Å². The Morgan fingerprint density at radius 2 is 2.28 bits per heavy atom. The molecular formula is C12H13BrFN3O. The van der Waals surface area contributed by atoms with Crippen LogP contribution in [0.15, 0.2) is 29.0 Å². The second kappa shape index (κ2) is 5.58. The van der Waals surface area contributed by atoms with Crippen LogP contribution in [0.4, 0.5) is 4.39 Å². The number of hydrogen-bond acceptors (Lipinski definition) is 3. The topological polar surface area (TPSA) is 50.9 Å². The Labute approximate surface area is 113 Å². The Balaban J connectivity index is 2.19. The van der Waals surface area contributed by atoms with Crippen molar-refractivity contribution < 1.29 is 9.50 Å². The van der Waals surface area contributed by atoms with Crippen LogP contribution in [0.5, 0.6) is 0 Å². The molecule has 1 atom stereocenters. The van der Waals surface area contributed by atoms with Gasteiger partial charge in [0.05, 0.1) is 6.10 Å². The average Bonchev–Trinajstić information content (AvgIpc) is 2.76. The van der Waals surface area contributed by atoms with E-state index in [1.807, 2.05) is 6.92 Å². The van der Waals surface area contributed by atoms with Crippen molar-refractivity contribution >= 4 is 15.9 Å². The van der Waals surface area contributed by atoms with E-state index in [1.54, 1.807) is 10.7 Å². The van der Waals surface area contributed by atoms with Crippen LogP contribution >= 0.6 is 15.9 Å². The van der Waals surface area contributed by atoms with Crippen molar-refractivity contribution in [1.82, 2.24) is 14.8 Å². The van der Waals surface area contributed by atoms with E-state index in [2.05, 4.69) is 26.0 Å². The number of aliphatic hydroxyl groups is 1. The first kappa shape index (κ1) is 13.2.